The molecule has 0 radical (unpaired) electrons. The molecule has 2 heterocycles. The Bertz CT molecular complexity index is 862. The fourth-order valence-electron chi connectivity index (χ4n) is 2.43. The van der Waals surface area contributed by atoms with Crippen LogP contribution in [0.3, 0.4) is 0 Å². The Morgan fingerprint density at radius 3 is 2.78 bits per heavy atom. The minimum absolute atomic E-state index is 0.142. The molecule has 2 aromatic heterocycles. The summed E-state index contributed by atoms with van der Waals surface area (Å²) in [6.07, 6.45) is 0. The van der Waals surface area contributed by atoms with E-state index in [-0.39, 0.29) is 5.91 Å². The quantitative estimate of drug-likeness (QED) is 0.805. The van der Waals surface area contributed by atoms with Crippen molar-refractivity contribution in [2.24, 2.45) is 0 Å². The van der Waals surface area contributed by atoms with Gasteiger partial charge in [0.15, 0.2) is 0 Å². The summed E-state index contributed by atoms with van der Waals surface area (Å²) < 4.78 is 5.09. The number of benzene rings is 1. The van der Waals surface area contributed by atoms with E-state index >= 15 is 0 Å². The second-order valence-electron chi connectivity index (χ2n) is 5.18. The first-order valence-corrected chi connectivity index (χ1v) is 7.32. The van der Waals surface area contributed by atoms with Gasteiger partial charge < -0.3 is 10.1 Å². The minimum Gasteiger partial charge on any atom is -0.481 e. The number of carbonyl (C=O) groups is 1. The van der Waals surface area contributed by atoms with Crippen molar-refractivity contribution in [2.45, 2.75) is 13.5 Å². The lowest BCUT2D eigenvalue weighted by atomic mass is 10.1. The van der Waals surface area contributed by atoms with E-state index in [1.165, 1.54) is 0 Å². The average molecular weight is 307 g/mol. The van der Waals surface area contributed by atoms with Gasteiger partial charge in [-0.1, -0.05) is 24.3 Å². The van der Waals surface area contributed by atoms with Crippen LogP contribution in [0.5, 0.6) is 5.88 Å². The van der Waals surface area contributed by atoms with Gasteiger partial charge in [-0.05, 0) is 25.1 Å². The zero-order valence-electron chi connectivity index (χ0n) is 13.0. The van der Waals surface area contributed by atoms with Crippen molar-refractivity contribution in [2.75, 3.05) is 7.11 Å². The van der Waals surface area contributed by atoms with Gasteiger partial charge in [0.1, 0.15) is 0 Å². The van der Waals surface area contributed by atoms with E-state index in [0.29, 0.717) is 18.0 Å². The molecule has 23 heavy (non-hydrogen) atoms. The van der Waals surface area contributed by atoms with Gasteiger partial charge in [-0.2, -0.15) is 0 Å². The van der Waals surface area contributed by atoms with Gasteiger partial charge in [0, 0.05) is 17.1 Å². The van der Waals surface area contributed by atoms with Crippen molar-refractivity contribution >= 4 is 16.8 Å². The fraction of sp³-hybridized carbons (Fsp3) is 0.167. The highest BCUT2D eigenvalue weighted by Crippen LogP contribution is 2.18. The van der Waals surface area contributed by atoms with Crippen LogP contribution in [0.25, 0.3) is 10.9 Å². The topological polar surface area (TPSA) is 64.1 Å². The normalized spacial score (nSPS) is 10.5. The van der Waals surface area contributed by atoms with Crippen LogP contribution in [0.2, 0.25) is 0 Å². The number of hydrogen-bond acceptors (Lipinski definition) is 4. The van der Waals surface area contributed by atoms with Gasteiger partial charge in [-0.25, -0.2) is 4.98 Å². The molecule has 1 amide bonds. The summed E-state index contributed by atoms with van der Waals surface area (Å²) in [6, 6.07) is 14.9. The van der Waals surface area contributed by atoms with Crippen LogP contribution in [-0.2, 0) is 6.54 Å². The smallest absolute Gasteiger partial charge is 0.252 e. The van der Waals surface area contributed by atoms with E-state index < -0.39 is 0 Å². The van der Waals surface area contributed by atoms with E-state index in [4.69, 9.17) is 4.74 Å². The fourth-order valence-corrected chi connectivity index (χ4v) is 2.43. The Labute approximate surface area is 134 Å². The SMILES string of the molecule is COc1cccc(CNC(=O)c2cc(C)nc3ccccc23)n1. The second kappa shape index (κ2) is 6.44. The highest BCUT2D eigenvalue weighted by Gasteiger charge is 2.11. The Kier molecular flexibility index (Phi) is 4.19. The summed E-state index contributed by atoms with van der Waals surface area (Å²) in [5, 5.41) is 3.74. The van der Waals surface area contributed by atoms with E-state index in [2.05, 4.69) is 15.3 Å². The molecule has 0 aliphatic rings. The molecule has 0 aliphatic carbocycles. The molecule has 0 unspecified atom stereocenters. The van der Waals surface area contributed by atoms with Crippen LogP contribution in [0.1, 0.15) is 21.7 Å². The van der Waals surface area contributed by atoms with Crippen molar-refractivity contribution in [1.82, 2.24) is 15.3 Å². The predicted octanol–water partition coefficient (Wildman–Crippen LogP) is 2.88. The highest BCUT2D eigenvalue weighted by atomic mass is 16.5. The van der Waals surface area contributed by atoms with E-state index in [1.807, 2.05) is 43.3 Å². The van der Waals surface area contributed by atoms with Gasteiger partial charge in [0.05, 0.1) is 30.4 Å². The molecule has 3 rings (SSSR count). The lowest BCUT2D eigenvalue weighted by Crippen LogP contribution is -2.23. The number of ether oxygens (including phenoxy) is 1. The zero-order valence-corrected chi connectivity index (χ0v) is 13.0. The molecule has 1 aromatic carbocycles. The molecular formula is C18H17N3O2. The molecule has 0 saturated heterocycles. The summed E-state index contributed by atoms with van der Waals surface area (Å²) in [6.45, 7) is 2.22. The number of aryl methyl sites for hydroxylation is 1. The Morgan fingerprint density at radius 1 is 1.13 bits per heavy atom. The molecule has 5 nitrogen and oxygen atoms in total. The van der Waals surface area contributed by atoms with Crippen molar-refractivity contribution in [1.29, 1.82) is 0 Å². The monoisotopic (exact) mass is 307 g/mol. The Morgan fingerprint density at radius 2 is 1.96 bits per heavy atom. The maximum Gasteiger partial charge on any atom is 0.252 e. The largest absolute Gasteiger partial charge is 0.481 e. The van der Waals surface area contributed by atoms with Crippen LogP contribution in [0.15, 0.2) is 48.5 Å². The molecule has 3 aromatic rings. The molecule has 0 fully saturated rings. The number of aromatic nitrogens is 2. The number of rotatable bonds is 4. The summed E-state index contributed by atoms with van der Waals surface area (Å²) in [7, 11) is 1.57. The third kappa shape index (κ3) is 3.29. The van der Waals surface area contributed by atoms with Gasteiger partial charge in [0.2, 0.25) is 5.88 Å². The number of nitrogens with one attached hydrogen (secondary N) is 1. The molecule has 116 valence electrons. The number of pyridine rings is 2. The maximum absolute atomic E-state index is 12.5. The lowest BCUT2D eigenvalue weighted by Gasteiger charge is -2.09. The summed E-state index contributed by atoms with van der Waals surface area (Å²) in [5.41, 5.74) is 2.99. The first kappa shape index (κ1) is 15.0. The highest BCUT2D eigenvalue weighted by molar-refractivity contribution is 6.06. The number of hydrogen-bond donors (Lipinski definition) is 1. The molecule has 0 atom stereocenters. The predicted molar refractivity (Wildman–Crippen MR) is 88.4 cm³/mol. The van der Waals surface area contributed by atoms with Crippen molar-refractivity contribution in [3.05, 3.63) is 65.5 Å². The van der Waals surface area contributed by atoms with Crippen molar-refractivity contribution in [3.63, 3.8) is 0 Å². The molecule has 0 bridgehead atoms. The van der Waals surface area contributed by atoms with Crippen LogP contribution < -0.4 is 10.1 Å². The van der Waals surface area contributed by atoms with Crippen molar-refractivity contribution in [3.8, 4) is 5.88 Å². The first-order valence-electron chi connectivity index (χ1n) is 7.32. The van der Waals surface area contributed by atoms with E-state index in [0.717, 1.165) is 22.3 Å². The zero-order chi connectivity index (χ0) is 16.2. The lowest BCUT2D eigenvalue weighted by molar-refractivity contribution is 0.0952. The van der Waals surface area contributed by atoms with Gasteiger partial charge in [-0.15, -0.1) is 0 Å². The molecule has 0 spiro atoms. The van der Waals surface area contributed by atoms with Crippen LogP contribution in [0, 0.1) is 6.92 Å². The van der Waals surface area contributed by atoms with Crippen LogP contribution >= 0.6 is 0 Å². The molecule has 0 saturated carbocycles. The average Bonchev–Trinajstić information content (AvgIpc) is 2.59. The van der Waals surface area contributed by atoms with Gasteiger partial charge in [-0.3, -0.25) is 9.78 Å². The van der Waals surface area contributed by atoms with Crippen molar-refractivity contribution < 1.29 is 9.53 Å². The van der Waals surface area contributed by atoms with E-state index in [1.54, 1.807) is 19.2 Å². The first-order chi connectivity index (χ1) is 11.2. The number of methoxy groups -OCH3 is 1. The maximum atomic E-state index is 12.5. The van der Waals surface area contributed by atoms with Crippen LogP contribution in [-0.4, -0.2) is 23.0 Å². The Balaban J connectivity index is 1.83. The number of carbonyl (C=O) groups excluding carboxylic acids is 1. The number of para-hydroxylation sites is 1. The summed E-state index contributed by atoms with van der Waals surface area (Å²) >= 11 is 0. The standard InChI is InChI=1S/C18H17N3O2/c1-12-10-15(14-7-3-4-8-16(14)20-12)18(22)19-11-13-6-5-9-17(21-13)23-2/h3-10H,11H2,1-2H3,(H,19,22). The molecular weight excluding hydrogens is 290 g/mol. The Hall–Kier alpha value is -2.95. The second-order valence-corrected chi connectivity index (χ2v) is 5.18. The van der Waals surface area contributed by atoms with Crippen LogP contribution in [0.4, 0.5) is 0 Å². The number of nitrogens with zero attached hydrogens (tertiary/aromatic N) is 2. The van der Waals surface area contributed by atoms with Gasteiger partial charge in [0.25, 0.3) is 5.91 Å². The number of amides is 1. The van der Waals surface area contributed by atoms with E-state index in [9.17, 15) is 4.79 Å². The summed E-state index contributed by atoms with van der Waals surface area (Å²) in [5.74, 6) is 0.387. The summed E-state index contributed by atoms with van der Waals surface area (Å²) in [4.78, 5) is 21.3. The molecule has 1 N–H and O–H groups in total. The molecule has 5 heteroatoms. The molecule has 0 aliphatic heterocycles. The van der Waals surface area contributed by atoms with Gasteiger partial charge >= 0.3 is 0 Å². The third-order valence-electron chi connectivity index (χ3n) is 3.51. The number of fused-ring (bicyclic) bond motifs is 1. The minimum atomic E-state index is -0.142. The third-order valence-corrected chi connectivity index (χ3v) is 3.51.